The van der Waals surface area contributed by atoms with Crippen molar-refractivity contribution >= 4 is 21.8 Å². The van der Waals surface area contributed by atoms with Crippen molar-refractivity contribution in [2.45, 2.75) is 13.3 Å². The van der Waals surface area contributed by atoms with Crippen molar-refractivity contribution in [2.24, 2.45) is 11.7 Å². The van der Waals surface area contributed by atoms with Crippen molar-refractivity contribution in [1.29, 1.82) is 0 Å². The number of nitrogens with zero attached hydrogens (tertiary/aromatic N) is 1. The number of ether oxygens (including phenoxy) is 1. The third-order valence-corrected chi connectivity index (χ3v) is 3.49. The van der Waals surface area contributed by atoms with Gasteiger partial charge in [-0.1, -0.05) is 22.9 Å². The van der Waals surface area contributed by atoms with E-state index >= 15 is 0 Å². The van der Waals surface area contributed by atoms with Gasteiger partial charge in [0.1, 0.15) is 5.75 Å². The van der Waals surface area contributed by atoms with Gasteiger partial charge in [-0.3, -0.25) is 4.79 Å². The Hall–Kier alpha value is -1.07. The molecule has 1 aromatic carbocycles. The average Bonchev–Trinajstić information content (AvgIpc) is 2.38. The molecule has 0 heterocycles. The van der Waals surface area contributed by atoms with Gasteiger partial charge in [0.15, 0.2) is 0 Å². The number of amides is 1. The molecule has 0 aromatic heterocycles. The minimum Gasteiger partial charge on any atom is -0.496 e. The quantitative estimate of drug-likeness (QED) is 0.869. The van der Waals surface area contributed by atoms with Gasteiger partial charge in [0, 0.05) is 23.6 Å². The number of methoxy groups -OCH3 is 1. The van der Waals surface area contributed by atoms with Crippen LogP contribution >= 0.6 is 15.9 Å². The molecular formula is C14H21BrN2O2. The second-order valence-electron chi connectivity index (χ2n) is 4.75. The van der Waals surface area contributed by atoms with Gasteiger partial charge in [0.05, 0.1) is 13.5 Å². The predicted octanol–water partition coefficient (Wildman–Crippen LogP) is 2.05. The minimum absolute atomic E-state index is 0.0664. The number of nitrogens with two attached hydrogens (primary N) is 1. The van der Waals surface area contributed by atoms with E-state index in [2.05, 4.69) is 15.9 Å². The van der Waals surface area contributed by atoms with E-state index in [0.717, 1.165) is 15.8 Å². The van der Waals surface area contributed by atoms with Crippen molar-refractivity contribution in [2.75, 3.05) is 27.2 Å². The molecule has 4 nitrogen and oxygen atoms in total. The predicted molar refractivity (Wildman–Crippen MR) is 80.3 cm³/mol. The van der Waals surface area contributed by atoms with Crippen molar-refractivity contribution < 1.29 is 9.53 Å². The van der Waals surface area contributed by atoms with Gasteiger partial charge in [0.25, 0.3) is 0 Å². The van der Waals surface area contributed by atoms with Gasteiger partial charge < -0.3 is 15.4 Å². The molecule has 0 bridgehead atoms. The fourth-order valence-corrected chi connectivity index (χ4v) is 2.24. The molecule has 19 heavy (non-hydrogen) atoms. The van der Waals surface area contributed by atoms with E-state index in [9.17, 15) is 4.79 Å². The van der Waals surface area contributed by atoms with Crippen LogP contribution in [0.5, 0.6) is 5.75 Å². The number of carbonyl (C=O) groups excluding carboxylic acids is 1. The highest BCUT2D eigenvalue weighted by Crippen LogP contribution is 2.23. The Morgan fingerprint density at radius 2 is 2.21 bits per heavy atom. The van der Waals surface area contributed by atoms with Crippen LogP contribution in [-0.4, -0.2) is 38.1 Å². The molecule has 1 unspecified atom stereocenters. The number of hydrogen-bond acceptors (Lipinski definition) is 3. The Morgan fingerprint density at radius 3 is 2.79 bits per heavy atom. The summed E-state index contributed by atoms with van der Waals surface area (Å²) in [5.41, 5.74) is 6.46. The normalized spacial score (nSPS) is 12.1. The largest absolute Gasteiger partial charge is 0.496 e. The number of carbonyl (C=O) groups is 1. The Balaban J connectivity index is 2.73. The second kappa shape index (κ2) is 7.50. The van der Waals surface area contributed by atoms with Crippen LogP contribution in [0.2, 0.25) is 0 Å². The zero-order chi connectivity index (χ0) is 14.4. The highest BCUT2D eigenvalue weighted by molar-refractivity contribution is 9.10. The van der Waals surface area contributed by atoms with Gasteiger partial charge in [-0.25, -0.2) is 0 Å². The highest BCUT2D eigenvalue weighted by Gasteiger charge is 2.15. The maximum absolute atomic E-state index is 12.2. The van der Waals surface area contributed by atoms with Gasteiger partial charge in [-0.05, 0) is 30.7 Å². The van der Waals surface area contributed by atoms with Crippen molar-refractivity contribution in [3.63, 3.8) is 0 Å². The molecule has 1 amide bonds. The summed E-state index contributed by atoms with van der Waals surface area (Å²) in [5, 5.41) is 0. The number of benzene rings is 1. The molecule has 5 heteroatoms. The number of halogens is 1. The zero-order valence-corrected chi connectivity index (χ0v) is 13.2. The highest BCUT2D eigenvalue weighted by atomic mass is 79.9. The molecule has 1 aromatic rings. The topological polar surface area (TPSA) is 55.6 Å². The number of hydrogen-bond donors (Lipinski definition) is 1. The zero-order valence-electron chi connectivity index (χ0n) is 11.6. The summed E-state index contributed by atoms with van der Waals surface area (Å²) in [6.07, 6.45) is 0.330. The third kappa shape index (κ3) is 4.84. The van der Waals surface area contributed by atoms with E-state index in [-0.39, 0.29) is 5.91 Å². The SMILES string of the molecule is COc1ccc(Br)cc1CC(=O)N(C)CC(C)CN. The molecule has 0 fully saturated rings. The lowest BCUT2D eigenvalue weighted by Gasteiger charge is -2.21. The molecule has 2 N–H and O–H groups in total. The molecule has 0 saturated heterocycles. The van der Waals surface area contributed by atoms with Crippen LogP contribution in [0.3, 0.4) is 0 Å². The van der Waals surface area contributed by atoms with Gasteiger partial charge in [-0.15, -0.1) is 0 Å². The van der Waals surface area contributed by atoms with Crippen LogP contribution < -0.4 is 10.5 Å². The van der Waals surface area contributed by atoms with Crippen LogP contribution in [0.15, 0.2) is 22.7 Å². The third-order valence-electron chi connectivity index (χ3n) is 3.00. The van der Waals surface area contributed by atoms with Crippen LogP contribution in [0.1, 0.15) is 12.5 Å². The first-order chi connectivity index (χ1) is 8.97. The Bertz CT molecular complexity index is 437. The van der Waals surface area contributed by atoms with Crippen LogP contribution in [0.4, 0.5) is 0 Å². The van der Waals surface area contributed by atoms with Crippen LogP contribution in [0, 0.1) is 5.92 Å². The molecule has 0 aliphatic rings. The lowest BCUT2D eigenvalue weighted by Crippen LogP contribution is -2.34. The van der Waals surface area contributed by atoms with E-state index in [1.807, 2.05) is 25.1 Å². The smallest absolute Gasteiger partial charge is 0.226 e. The van der Waals surface area contributed by atoms with Gasteiger partial charge >= 0.3 is 0 Å². The number of likely N-dealkylation sites (N-methyl/N-ethyl adjacent to an activating group) is 1. The summed E-state index contributed by atoms with van der Waals surface area (Å²) in [6, 6.07) is 5.67. The van der Waals surface area contributed by atoms with E-state index in [1.165, 1.54) is 0 Å². The Labute approximate surface area is 123 Å². The molecule has 1 atom stereocenters. The first kappa shape index (κ1) is 16.0. The summed E-state index contributed by atoms with van der Waals surface area (Å²) in [4.78, 5) is 13.9. The molecule has 0 aliphatic carbocycles. The average molecular weight is 329 g/mol. The summed E-state index contributed by atoms with van der Waals surface area (Å²) >= 11 is 3.41. The first-order valence-electron chi connectivity index (χ1n) is 6.24. The minimum atomic E-state index is 0.0664. The summed E-state index contributed by atoms with van der Waals surface area (Å²) in [5.74, 6) is 1.10. The van der Waals surface area contributed by atoms with Crippen molar-refractivity contribution in [3.05, 3.63) is 28.2 Å². The standard InChI is InChI=1S/C14H21BrN2O2/c1-10(8-16)9-17(2)14(18)7-11-6-12(15)4-5-13(11)19-3/h4-6,10H,7-9,16H2,1-3H3. The molecular weight excluding hydrogens is 308 g/mol. The fourth-order valence-electron chi connectivity index (χ4n) is 1.83. The summed E-state index contributed by atoms with van der Waals surface area (Å²) in [6.45, 7) is 3.28. The lowest BCUT2D eigenvalue weighted by molar-refractivity contribution is -0.129. The van der Waals surface area contributed by atoms with Gasteiger partial charge in [0.2, 0.25) is 5.91 Å². The van der Waals surface area contributed by atoms with E-state index in [1.54, 1.807) is 19.1 Å². The fraction of sp³-hybridized carbons (Fsp3) is 0.500. The first-order valence-corrected chi connectivity index (χ1v) is 7.03. The van der Waals surface area contributed by atoms with E-state index in [0.29, 0.717) is 25.4 Å². The molecule has 0 aliphatic heterocycles. The molecule has 0 saturated carbocycles. The molecule has 0 spiro atoms. The van der Waals surface area contributed by atoms with E-state index < -0.39 is 0 Å². The van der Waals surface area contributed by atoms with Crippen LogP contribution in [0.25, 0.3) is 0 Å². The summed E-state index contributed by atoms with van der Waals surface area (Å²) in [7, 11) is 3.41. The van der Waals surface area contributed by atoms with Crippen molar-refractivity contribution in [3.8, 4) is 5.75 Å². The monoisotopic (exact) mass is 328 g/mol. The molecule has 1 rings (SSSR count). The molecule has 0 radical (unpaired) electrons. The Kier molecular flexibility index (Phi) is 6.31. The Morgan fingerprint density at radius 1 is 1.53 bits per heavy atom. The summed E-state index contributed by atoms with van der Waals surface area (Å²) < 4.78 is 6.21. The van der Waals surface area contributed by atoms with Crippen LogP contribution in [-0.2, 0) is 11.2 Å². The van der Waals surface area contributed by atoms with Crippen molar-refractivity contribution in [1.82, 2.24) is 4.90 Å². The number of rotatable bonds is 6. The second-order valence-corrected chi connectivity index (χ2v) is 5.66. The maximum atomic E-state index is 12.2. The van der Waals surface area contributed by atoms with Gasteiger partial charge in [-0.2, -0.15) is 0 Å². The van der Waals surface area contributed by atoms with E-state index in [4.69, 9.17) is 10.5 Å². The molecule has 106 valence electrons. The lowest BCUT2D eigenvalue weighted by atomic mass is 10.1. The maximum Gasteiger partial charge on any atom is 0.226 e.